The zero-order valence-electron chi connectivity index (χ0n) is 13.9. The average Bonchev–Trinajstić information content (AvgIpc) is 2.82. The van der Waals surface area contributed by atoms with Crippen molar-refractivity contribution in [3.63, 3.8) is 0 Å². The molecule has 136 valence electrons. The molecule has 0 fully saturated rings. The van der Waals surface area contributed by atoms with Gasteiger partial charge in [0.15, 0.2) is 0 Å². The Labute approximate surface area is 156 Å². The molecule has 0 spiro atoms. The normalized spacial score (nSPS) is 12.8. The van der Waals surface area contributed by atoms with Crippen LogP contribution in [0, 0.1) is 0 Å². The molecular weight excluding hydrogens is 387 g/mol. The molecule has 0 radical (unpaired) electrons. The maximum Gasteiger partial charge on any atom is 0.273 e. The lowest BCUT2D eigenvalue weighted by Gasteiger charge is -2.11. The SMILES string of the molecule is CCC(C)NS(=O)(=O)c1cn(C)c(C(=O)Nc2ccnc(Cl)c2)c1Cl. The van der Waals surface area contributed by atoms with Crippen molar-refractivity contribution in [2.75, 3.05) is 5.32 Å². The molecule has 2 rings (SSSR count). The highest BCUT2D eigenvalue weighted by Gasteiger charge is 2.27. The lowest BCUT2D eigenvalue weighted by Crippen LogP contribution is -2.32. The quantitative estimate of drug-likeness (QED) is 0.723. The maximum absolute atomic E-state index is 12.5. The van der Waals surface area contributed by atoms with E-state index in [-0.39, 0.29) is 26.8 Å². The van der Waals surface area contributed by atoms with Gasteiger partial charge < -0.3 is 9.88 Å². The van der Waals surface area contributed by atoms with E-state index in [9.17, 15) is 13.2 Å². The van der Waals surface area contributed by atoms with Crippen LogP contribution in [0.15, 0.2) is 29.4 Å². The van der Waals surface area contributed by atoms with Crippen molar-refractivity contribution in [1.82, 2.24) is 14.3 Å². The molecule has 10 heteroatoms. The number of nitrogens with one attached hydrogen (secondary N) is 2. The molecule has 0 saturated carbocycles. The second-order valence-corrected chi connectivity index (χ2v) is 7.97. The first-order valence-corrected chi connectivity index (χ1v) is 9.69. The van der Waals surface area contributed by atoms with Gasteiger partial charge >= 0.3 is 0 Å². The number of nitrogens with zero attached hydrogens (tertiary/aromatic N) is 2. The zero-order valence-corrected chi connectivity index (χ0v) is 16.2. The van der Waals surface area contributed by atoms with Gasteiger partial charge in [0.25, 0.3) is 5.91 Å². The number of hydrogen-bond donors (Lipinski definition) is 2. The molecule has 0 aliphatic heterocycles. The first-order valence-electron chi connectivity index (χ1n) is 7.45. The molecule has 0 bridgehead atoms. The van der Waals surface area contributed by atoms with Crippen molar-refractivity contribution in [3.05, 3.63) is 40.4 Å². The predicted octanol–water partition coefficient (Wildman–Crippen LogP) is 3.06. The van der Waals surface area contributed by atoms with Gasteiger partial charge in [0.1, 0.15) is 15.7 Å². The van der Waals surface area contributed by atoms with Gasteiger partial charge in [-0.1, -0.05) is 30.1 Å². The highest BCUT2D eigenvalue weighted by molar-refractivity contribution is 7.89. The molecule has 0 aliphatic carbocycles. The fourth-order valence-electron chi connectivity index (χ4n) is 2.10. The number of anilines is 1. The van der Waals surface area contributed by atoms with E-state index in [4.69, 9.17) is 23.2 Å². The number of rotatable bonds is 6. The Morgan fingerprint density at radius 2 is 2.08 bits per heavy atom. The molecule has 1 amide bonds. The molecule has 2 aromatic heterocycles. The number of pyridine rings is 1. The first-order chi connectivity index (χ1) is 11.7. The number of amides is 1. The molecule has 0 aliphatic rings. The summed E-state index contributed by atoms with van der Waals surface area (Å²) >= 11 is 12.0. The third-order valence-corrected chi connectivity index (χ3v) is 5.85. The minimum absolute atomic E-state index is 0.0270. The van der Waals surface area contributed by atoms with Gasteiger partial charge in [-0.05, 0) is 25.5 Å². The molecule has 7 nitrogen and oxygen atoms in total. The van der Waals surface area contributed by atoms with Crippen LogP contribution in [0.2, 0.25) is 10.2 Å². The summed E-state index contributed by atoms with van der Waals surface area (Å²) in [5.74, 6) is -0.556. The van der Waals surface area contributed by atoms with Gasteiger partial charge in [-0.3, -0.25) is 4.79 Å². The molecule has 1 atom stereocenters. The number of hydrogen-bond acceptors (Lipinski definition) is 4. The summed E-state index contributed by atoms with van der Waals surface area (Å²) in [4.78, 5) is 16.2. The van der Waals surface area contributed by atoms with E-state index < -0.39 is 15.9 Å². The Hall–Kier alpha value is -1.61. The minimum atomic E-state index is -3.83. The van der Waals surface area contributed by atoms with Crippen LogP contribution < -0.4 is 10.0 Å². The topological polar surface area (TPSA) is 93.1 Å². The van der Waals surface area contributed by atoms with Gasteiger partial charge in [0, 0.05) is 31.2 Å². The third kappa shape index (κ3) is 4.52. The molecule has 1 unspecified atom stereocenters. The van der Waals surface area contributed by atoms with Gasteiger partial charge in [0.05, 0.1) is 5.02 Å². The highest BCUT2D eigenvalue weighted by Crippen LogP contribution is 2.28. The monoisotopic (exact) mass is 404 g/mol. The molecule has 25 heavy (non-hydrogen) atoms. The minimum Gasteiger partial charge on any atom is -0.344 e. The van der Waals surface area contributed by atoms with Crippen LogP contribution in [0.4, 0.5) is 5.69 Å². The van der Waals surface area contributed by atoms with E-state index in [2.05, 4.69) is 15.0 Å². The van der Waals surface area contributed by atoms with Crippen molar-refractivity contribution in [2.24, 2.45) is 7.05 Å². The van der Waals surface area contributed by atoms with E-state index in [1.165, 1.54) is 23.0 Å². The molecule has 2 heterocycles. The van der Waals surface area contributed by atoms with E-state index in [0.717, 1.165) is 0 Å². The van der Waals surface area contributed by atoms with Crippen molar-refractivity contribution < 1.29 is 13.2 Å². The highest BCUT2D eigenvalue weighted by atomic mass is 35.5. The molecular formula is C15H18Cl2N4O3S. The number of sulfonamides is 1. The van der Waals surface area contributed by atoms with Gasteiger partial charge in [-0.25, -0.2) is 18.1 Å². The smallest absolute Gasteiger partial charge is 0.273 e. The molecule has 0 saturated heterocycles. The van der Waals surface area contributed by atoms with Crippen molar-refractivity contribution >= 4 is 44.8 Å². The second-order valence-electron chi connectivity index (χ2n) is 5.52. The summed E-state index contributed by atoms with van der Waals surface area (Å²) in [7, 11) is -2.29. The summed E-state index contributed by atoms with van der Waals surface area (Å²) in [6.07, 6.45) is 3.37. The Balaban J connectivity index is 2.34. The zero-order chi connectivity index (χ0) is 18.8. The summed E-state index contributed by atoms with van der Waals surface area (Å²) in [6.45, 7) is 3.60. The van der Waals surface area contributed by atoms with Crippen LogP contribution >= 0.6 is 23.2 Å². The maximum atomic E-state index is 12.5. The van der Waals surface area contributed by atoms with Crippen molar-refractivity contribution in [2.45, 2.75) is 31.2 Å². The summed E-state index contributed by atoms with van der Waals surface area (Å²) in [5, 5.41) is 2.69. The number of carbonyl (C=O) groups is 1. The number of aryl methyl sites for hydroxylation is 1. The van der Waals surface area contributed by atoms with Gasteiger partial charge in [0.2, 0.25) is 10.0 Å². The Morgan fingerprint density at radius 3 is 2.68 bits per heavy atom. The molecule has 0 aromatic carbocycles. The van der Waals surface area contributed by atoms with Crippen molar-refractivity contribution in [1.29, 1.82) is 0 Å². The van der Waals surface area contributed by atoms with Crippen LogP contribution in [0.25, 0.3) is 0 Å². The molecule has 2 aromatic rings. The Bertz CT molecular complexity index is 896. The van der Waals surface area contributed by atoms with E-state index in [1.54, 1.807) is 20.0 Å². The average molecular weight is 405 g/mol. The second kappa shape index (κ2) is 7.74. The number of aromatic nitrogens is 2. The number of halogens is 2. The van der Waals surface area contributed by atoms with Gasteiger partial charge in [-0.15, -0.1) is 0 Å². The lowest BCUT2D eigenvalue weighted by atomic mass is 10.3. The summed E-state index contributed by atoms with van der Waals surface area (Å²) in [5.41, 5.74) is 0.448. The Kier molecular flexibility index (Phi) is 6.10. The summed E-state index contributed by atoms with van der Waals surface area (Å²) < 4.78 is 28.8. The van der Waals surface area contributed by atoms with Gasteiger partial charge in [-0.2, -0.15) is 0 Å². The standard InChI is InChI=1S/C15H18Cl2N4O3S/c1-4-9(2)20-25(23,24)11-8-21(3)14(13(11)17)15(22)19-10-5-6-18-12(16)7-10/h5-9,20H,4H2,1-3H3,(H,18,19,22). The fraction of sp³-hybridized carbons (Fsp3) is 0.333. The van der Waals surface area contributed by atoms with Crippen molar-refractivity contribution in [3.8, 4) is 0 Å². The van der Waals surface area contributed by atoms with Crippen LogP contribution in [-0.4, -0.2) is 29.9 Å². The van der Waals surface area contributed by atoms with Crippen LogP contribution in [-0.2, 0) is 17.1 Å². The van der Waals surface area contributed by atoms with Crippen LogP contribution in [0.1, 0.15) is 30.8 Å². The van der Waals surface area contributed by atoms with Crippen LogP contribution in [0.5, 0.6) is 0 Å². The largest absolute Gasteiger partial charge is 0.344 e. The van der Waals surface area contributed by atoms with E-state index in [0.29, 0.717) is 12.1 Å². The molecule has 2 N–H and O–H groups in total. The lowest BCUT2D eigenvalue weighted by molar-refractivity contribution is 0.101. The van der Waals surface area contributed by atoms with E-state index in [1.807, 2.05) is 6.92 Å². The fourth-order valence-corrected chi connectivity index (χ4v) is 4.30. The summed E-state index contributed by atoms with van der Waals surface area (Å²) in [6, 6.07) is 2.78. The number of carbonyl (C=O) groups excluding carboxylic acids is 1. The predicted molar refractivity (Wildman–Crippen MR) is 97.7 cm³/mol. The van der Waals surface area contributed by atoms with E-state index >= 15 is 0 Å². The first kappa shape index (κ1) is 19.7. The Morgan fingerprint density at radius 1 is 1.40 bits per heavy atom. The van der Waals surface area contributed by atoms with Crippen LogP contribution in [0.3, 0.4) is 0 Å². The third-order valence-electron chi connectivity index (χ3n) is 3.55.